The first-order valence-electron chi connectivity index (χ1n) is 16.3. The van der Waals surface area contributed by atoms with Gasteiger partial charge in [-0.1, -0.05) is 104 Å². The zero-order valence-electron chi connectivity index (χ0n) is 26.2. The first kappa shape index (κ1) is 27.3. The third-order valence-electron chi connectivity index (χ3n) is 13.1. The Morgan fingerprint density at radius 1 is 0.897 bits per heavy atom. The molecule has 2 heteroatoms. The van der Waals surface area contributed by atoms with Crippen LogP contribution in [0.3, 0.4) is 0 Å². The highest BCUT2D eigenvalue weighted by molar-refractivity contribution is 5.46. The van der Waals surface area contributed by atoms with E-state index >= 15 is 0 Å². The Bertz CT molecular complexity index is 1250. The summed E-state index contributed by atoms with van der Waals surface area (Å²) in [7, 11) is 0. The first-order valence-corrected chi connectivity index (χ1v) is 16.3. The number of para-hydroxylation sites is 1. The van der Waals surface area contributed by atoms with Crippen LogP contribution in [0.25, 0.3) is 5.69 Å². The number of hydrogen-bond donors (Lipinski definition) is 0. The third kappa shape index (κ3) is 3.89. The van der Waals surface area contributed by atoms with Gasteiger partial charge in [0.25, 0.3) is 0 Å². The number of hydrogen-bond acceptors (Lipinski definition) is 1. The van der Waals surface area contributed by atoms with Crippen LogP contribution in [-0.2, 0) is 11.8 Å². The SMILES string of the molecule is CC(C)CCC[C@H](C)[C@@H]1CC[C@@]2(C)C3=C(CC[C@]12C)[C@@]1(C)Cc2cnn(-c4ccccc4)c2C(C)(C)[C@@H]1CC3. The number of rotatable bonds is 6. The summed E-state index contributed by atoms with van der Waals surface area (Å²) in [5.41, 5.74) is 9.11. The van der Waals surface area contributed by atoms with Gasteiger partial charge >= 0.3 is 0 Å². The molecule has 2 nitrogen and oxygen atoms in total. The maximum Gasteiger partial charge on any atom is 0.0649 e. The van der Waals surface area contributed by atoms with Crippen molar-refractivity contribution < 1.29 is 0 Å². The normalized spacial score (nSPS) is 35.8. The summed E-state index contributed by atoms with van der Waals surface area (Å²) >= 11 is 0. The molecule has 0 aliphatic heterocycles. The van der Waals surface area contributed by atoms with E-state index in [1.165, 1.54) is 74.7 Å². The standard InChI is InChI=1S/C37H54N2/c1-25(2)13-12-14-26(3)29-19-21-37(8)31-17-18-32-34(4,5)33-27(24-38-39(33)28-15-10-9-11-16-28)23-35(32,6)30(31)20-22-36(29,37)7/h9-11,15-16,24-26,29,32H,12-14,17-23H2,1-8H3/t26-,29-,32-,35+,36+,37-/m0/s1. The summed E-state index contributed by atoms with van der Waals surface area (Å²) in [4.78, 5) is 0. The molecule has 6 atom stereocenters. The van der Waals surface area contributed by atoms with Crippen molar-refractivity contribution in [3.63, 3.8) is 0 Å². The van der Waals surface area contributed by atoms with Crippen LogP contribution in [0.15, 0.2) is 47.7 Å². The summed E-state index contributed by atoms with van der Waals surface area (Å²) in [6.07, 6.45) is 15.8. The molecule has 4 aliphatic carbocycles. The van der Waals surface area contributed by atoms with Gasteiger partial charge in [0.2, 0.25) is 0 Å². The van der Waals surface area contributed by atoms with E-state index in [1.54, 1.807) is 0 Å². The Morgan fingerprint density at radius 3 is 2.36 bits per heavy atom. The molecule has 212 valence electrons. The van der Waals surface area contributed by atoms with Crippen molar-refractivity contribution in [2.75, 3.05) is 0 Å². The van der Waals surface area contributed by atoms with Crippen molar-refractivity contribution >= 4 is 0 Å². The largest absolute Gasteiger partial charge is 0.237 e. The molecule has 4 aliphatic rings. The van der Waals surface area contributed by atoms with E-state index < -0.39 is 0 Å². The van der Waals surface area contributed by atoms with Crippen LogP contribution in [-0.4, -0.2) is 9.78 Å². The van der Waals surface area contributed by atoms with Crippen molar-refractivity contribution in [2.45, 2.75) is 125 Å². The minimum Gasteiger partial charge on any atom is -0.237 e. The van der Waals surface area contributed by atoms with Gasteiger partial charge in [-0.3, -0.25) is 0 Å². The zero-order valence-corrected chi connectivity index (χ0v) is 26.2. The molecular weight excluding hydrogens is 472 g/mol. The molecule has 0 amide bonds. The molecule has 1 fully saturated rings. The van der Waals surface area contributed by atoms with Crippen molar-refractivity contribution in [3.05, 3.63) is 58.9 Å². The van der Waals surface area contributed by atoms with E-state index in [2.05, 4.69) is 96.6 Å². The fourth-order valence-corrected chi connectivity index (χ4v) is 11.0. The third-order valence-corrected chi connectivity index (χ3v) is 13.1. The molecular formula is C37H54N2. The predicted octanol–water partition coefficient (Wildman–Crippen LogP) is 10.1. The molecule has 1 aromatic carbocycles. The Morgan fingerprint density at radius 2 is 1.64 bits per heavy atom. The fraction of sp³-hybridized carbons (Fsp3) is 0.703. The second kappa shape index (κ2) is 9.35. The summed E-state index contributed by atoms with van der Waals surface area (Å²) in [5.74, 6) is 3.23. The van der Waals surface area contributed by atoms with Gasteiger partial charge in [0.05, 0.1) is 17.6 Å². The maximum absolute atomic E-state index is 5.00. The van der Waals surface area contributed by atoms with Gasteiger partial charge in [-0.2, -0.15) is 5.10 Å². The van der Waals surface area contributed by atoms with Gasteiger partial charge in [0.1, 0.15) is 0 Å². The van der Waals surface area contributed by atoms with Gasteiger partial charge in [-0.05, 0) is 103 Å². The van der Waals surface area contributed by atoms with E-state index in [4.69, 9.17) is 5.10 Å². The van der Waals surface area contributed by atoms with Crippen molar-refractivity contribution in [1.82, 2.24) is 9.78 Å². The second-order valence-corrected chi connectivity index (χ2v) is 15.8. The lowest BCUT2D eigenvalue weighted by molar-refractivity contribution is 0.0133. The maximum atomic E-state index is 5.00. The molecule has 1 aromatic heterocycles. The van der Waals surface area contributed by atoms with Crippen LogP contribution in [0.4, 0.5) is 0 Å². The molecule has 39 heavy (non-hydrogen) atoms. The Balaban J connectivity index is 1.35. The molecule has 0 radical (unpaired) electrons. The second-order valence-electron chi connectivity index (χ2n) is 15.8. The van der Waals surface area contributed by atoms with Crippen LogP contribution >= 0.6 is 0 Å². The lowest BCUT2D eigenvalue weighted by Crippen LogP contribution is -2.54. The lowest BCUT2D eigenvalue weighted by atomic mass is 9.43. The van der Waals surface area contributed by atoms with E-state index in [0.717, 1.165) is 24.2 Å². The van der Waals surface area contributed by atoms with Crippen LogP contribution in [0, 0.1) is 39.9 Å². The smallest absolute Gasteiger partial charge is 0.0649 e. The Kier molecular flexibility index (Phi) is 6.56. The number of allylic oxidation sites excluding steroid dienone is 2. The average Bonchev–Trinajstić information content (AvgIpc) is 3.43. The summed E-state index contributed by atoms with van der Waals surface area (Å²) < 4.78 is 2.26. The highest BCUT2D eigenvalue weighted by atomic mass is 15.3. The van der Waals surface area contributed by atoms with E-state index in [1.807, 2.05) is 11.1 Å². The number of aromatic nitrogens is 2. The van der Waals surface area contributed by atoms with Crippen LogP contribution in [0.1, 0.15) is 124 Å². The van der Waals surface area contributed by atoms with Crippen molar-refractivity contribution in [1.29, 1.82) is 0 Å². The van der Waals surface area contributed by atoms with Crippen LogP contribution in [0.2, 0.25) is 0 Å². The number of nitrogens with zero attached hydrogens (tertiary/aromatic N) is 2. The highest BCUT2D eigenvalue weighted by Crippen LogP contribution is 2.72. The van der Waals surface area contributed by atoms with Crippen molar-refractivity contribution in [2.24, 2.45) is 39.9 Å². The van der Waals surface area contributed by atoms with E-state index in [9.17, 15) is 0 Å². The van der Waals surface area contributed by atoms with Gasteiger partial charge in [0.15, 0.2) is 0 Å². The molecule has 0 unspecified atom stereocenters. The number of fused-ring (bicyclic) bond motifs is 5. The van der Waals surface area contributed by atoms with E-state index in [0.29, 0.717) is 16.7 Å². The Hall–Kier alpha value is -1.83. The van der Waals surface area contributed by atoms with Gasteiger partial charge in [-0.25, -0.2) is 4.68 Å². The van der Waals surface area contributed by atoms with Crippen LogP contribution in [0.5, 0.6) is 0 Å². The monoisotopic (exact) mass is 526 g/mol. The zero-order chi connectivity index (χ0) is 27.8. The quantitative estimate of drug-likeness (QED) is 0.342. The lowest BCUT2D eigenvalue weighted by Gasteiger charge is -2.61. The molecule has 0 spiro atoms. The highest BCUT2D eigenvalue weighted by Gasteiger charge is 2.63. The predicted molar refractivity (Wildman–Crippen MR) is 164 cm³/mol. The molecule has 1 saturated carbocycles. The average molecular weight is 527 g/mol. The first-order chi connectivity index (χ1) is 18.4. The molecule has 0 saturated heterocycles. The van der Waals surface area contributed by atoms with Gasteiger partial charge in [0, 0.05) is 5.41 Å². The minimum atomic E-state index is 0.0952. The Labute approximate surface area is 239 Å². The molecule has 1 heterocycles. The van der Waals surface area contributed by atoms with E-state index in [-0.39, 0.29) is 10.8 Å². The minimum absolute atomic E-state index is 0.0952. The van der Waals surface area contributed by atoms with Gasteiger partial charge < -0.3 is 0 Å². The molecule has 0 bridgehead atoms. The van der Waals surface area contributed by atoms with Crippen LogP contribution < -0.4 is 0 Å². The topological polar surface area (TPSA) is 17.8 Å². The molecule has 6 rings (SSSR count). The summed E-state index contributed by atoms with van der Waals surface area (Å²) in [6.45, 7) is 20.5. The summed E-state index contributed by atoms with van der Waals surface area (Å²) in [6, 6.07) is 10.8. The number of benzene rings is 1. The fourth-order valence-electron chi connectivity index (χ4n) is 11.0. The molecule has 2 aromatic rings. The summed E-state index contributed by atoms with van der Waals surface area (Å²) in [5, 5.41) is 5.00. The van der Waals surface area contributed by atoms with Gasteiger partial charge in [-0.15, -0.1) is 0 Å². The van der Waals surface area contributed by atoms with Crippen molar-refractivity contribution in [3.8, 4) is 5.69 Å². The molecule has 0 N–H and O–H groups in total.